The second-order valence-corrected chi connectivity index (χ2v) is 7.33. The minimum absolute atomic E-state index is 0. The van der Waals surface area contributed by atoms with Crippen molar-refractivity contribution in [3.05, 3.63) is 45.6 Å². The number of rotatable bonds is 0. The molecule has 0 fully saturated rings. The van der Waals surface area contributed by atoms with Gasteiger partial charge in [-0.15, -0.1) is 51.5 Å². The van der Waals surface area contributed by atoms with Crippen molar-refractivity contribution in [3.63, 3.8) is 0 Å². The van der Waals surface area contributed by atoms with Crippen LogP contribution in [0.2, 0.25) is 0 Å². The first-order valence-corrected chi connectivity index (χ1v) is 7.94. The van der Waals surface area contributed by atoms with Crippen LogP contribution in [0.4, 0.5) is 0 Å². The normalized spacial score (nSPS) is 15.5. The molecule has 0 amide bonds. The van der Waals surface area contributed by atoms with E-state index in [2.05, 4.69) is 87.5 Å². The van der Waals surface area contributed by atoms with Crippen LogP contribution in [0, 0.1) is 12.2 Å². The summed E-state index contributed by atoms with van der Waals surface area (Å²) in [6.45, 7) is 17.0. The van der Waals surface area contributed by atoms with Gasteiger partial charge in [-0.25, -0.2) is 11.1 Å². The van der Waals surface area contributed by atoms with E-state index >= 15 is 0 Å². The summed E-state index contributed by atoms with van der Waals surface area (Å²) in [5.74, 6) is 0. The van der Waals surface area contributed by atoms with E-state index in [0.29, 0.717) is 0 Å². The van der Waals surface area contributed by atoms with Gasteiger partial charge in [0.25, 0.3) is 0 Å². The molecule has 0 heterocycles. The third-order valence-electron chi connectivity index (χ3n) is 3.64. The molecule has 2 aliphatic carbocycles. The van der Waals surface area contributed by atoms with Gasteiger partial charge < -0.3 is 0 Å². The Morgan fingerprint density at radius 3 is 1.00 bits per heavy atom. The molecule has 22 heavy (non-hydrogen) atoms. The zero-order chi connectivity index (χ0) is 15.9. The molecule has 0 saturated carbocycles. The summed E-state index contributed by atoms with van der Waals surface area (Å²) < 4.78 is 1.42. The Morgan fingerprint density at radius 1 is 0.727 bits per heavy atom. The molecule has 0 saturated heterocycles. The number of allylic oxidation sites excluding steroid dienone is 8. The Hall–Kier alpha value is 0.124. The van der Waals surface area contributed by atoms with Crippen molar-refractivity contribution in [3.8, 4) is 0 Å². The van der Waals surface area contributed by atoms with E-state index < -0.39 is 0 Å². The van der Waals surface area contributed by atoms with Gasteiger partial charge in [-0.05, 0) is 0 Å². The Balaban J connectivity index is -0.000000249. The first-order valence-electron chi connectivity index (χ1n) is 7.16. The molecular formula is C19H30Cl2Ti. The van der Waals surface area contributed by atoms with E-state index in [-0.39, 0.29) is 24.8 Å². The molecule has 3 heteroatoms. The Labute approximate surface area is 162 Å². The van der Waals surface area contributed by atoms with Crippen LogP contribution in [-0.2, 0) is 20.0 Å². The molecule has 0 nitrogen and oxygen atoms in total. The topological polar surface area (TPSA) is 0 Å². The van der Waals surface area contributed by atoms with Crippen molar-refractivity contribution in [1.29, 1.82) is 0 Å². The molecule has 0 atom stereocenters. The van der Waals surface area contributed by atoms with Crippen molar-refractivity contribution in [1.82, 2.24) is 0 Å². The predicted molar refractivity (Wildman–Crippen MR) is 102 cm³/mol. The third-order valence-corrected chi connectivity index (χ3v) is 3.64. The van der Waals surface area contributed by atoms with Crippen molar-refractivity contribution in [2.45, 2.75) is 68.2 Å². The zero-order valence-electron chi connectivity index (χ0n) is 15.2. The van der Waals surface area contributed by atoms with Gasteiger partial charge in [0.05, 0.1) is 0 Å². The standard InChI is InChI=1S/2C8H11.C3H6.2ClH.Ti/c2*1-6-4-5-7(2)8(6)3;1-3-2;;;/h2*4H2,1-3H3;1-2H3;2*1H;/q2*-1;;;;+2. The third kappa shape index (κ3) is 10.8. The van der Waals surface area contributed by atoms with E-state index in [1.807, 2.05) is 0 Å². The predicted octanol–water partition coefficient (Wildman–Crippen LogP) is 6.54. The SMILES string of the molecule is CC1=[C-]CC(C)=C1C.CC1=[C-]CC(C)=C1C.C[C](C)=[Ti+2].Cl.Cl. The first kappa shape index (κ1) is 27.0. The second-order valence-electron chi connectivity index (χ2n) is 5.77. The second kappa shape index (κ2) is 13.6. The molecule has 0 aromatic rings. The summed E-state index contributed by atoms with van der Waals surface area (Å²) in [5.41, 5.74) is 8.49. The molecular weight excluding hydrogens is 347 g/mol. The molecule has 0 bridgehead atoms. The van der Waals surface area contributed by atoms with Crippen LogP contribution in [-0.4, -0.2) is 3.81 Å². The molecule has 124 valence electrons. The van der Waals surface area contributed by atoms with E-state index in [1.54, 1.807) is 0 Å². The summed E-state index contributed by atoms with van der Waals surface area (Å²) in [7, 11) is 0. The fraction of sp³-hybridized carbons (Fsp3) is 0.526. The molecule has 2 rings (SSSR count). The monoisotopic (exact) mass is 376 g/mol. The summed E-state index contributed by atoms with van der Waals surface area (Å²) in [5, 5.41) is 0. The fourth-order valence-corrected chi connectivity index (χ4v) is 1.70. The maximum atomic E-state index is 3.26. The van der Waals surface area contributed by atoms with Gasteiger partial charge in [-0.3, -0.25) is 12.2 Å². The van der Waals surface area contributed by atoms with Crippen LogP contribution < -0.4 is 0 Å². The van der Waals surface area contributed by atoms with E-state index in [0.717, 1.165) is 12.8 Å². The Kier molecular flexibility index (Phi) is 16.6. The van der Waals surface area contributed by atoms with E-state index in [9.17, 15) is 0 Å². The van der Waals surface area contributed by atoms with Gasteiger partial charge in [0.2, 0.25) is 0 Å². The summed E-state index contributed by atoms with van der Waals surface area (Å²) in [6.07, 6.45) is 8.63. The smallest absolute Gasteiger partial charge is 0.147 e. The van der Waals surface area contributed by atoms with Crippen LogP contribution in [0.1, 0.15) is 68.2 Å². The van der Waals surface area contributed by atoms with Gasteiger partial charge in [-0.1, -0.05) is 27.7 Å². The number of halogens is 2. The molecule has 0 spiro atoms. The average molecular weight is 377 g/mol. The van der Waals surface area contributed by atoms with Crippen molar-refractivity contribution in [2.24, 2.45) is 0 Å². The number of hydrogen-bond donors (Lipinski definition) is 0. The van der Waals surface area contributed by atoms with Crippen LogP contribution in [0.25, 0.3) is 0 Å². The fourth-order valence-electron chi connectivity index (χ4n) is 1.70. The summed E-state index contributed by atoms with van der Waals surface area (Å²) in [4.78, 5) is 0. The zero-order valence-corrected chi connectivity index (χ0v) is 18.4. The van der Waals surface area contributed by atoms with Gasteiger partial charge in [0.15, 0.2) is 0 Å². The van der Waals surface area contributed by atoms with Crippen LogP contribution in [0.15, 0.2) is 33.4 Å². The molecule has 2 aliphatic rings. The maximum Gasteiger partial charge on any atom is -0.147 e. The van der Waals surface area contributed by atoms with E-state index in [1.165, 1.54) is 37.3 Å². The van der Waals surface area contributed by atoms with Crippen LogP contribution >= 0.6 is 24.8 Å². The molecule has 0 unspecified atom stereocenters. The van der Waals surface area contributed by atoms with Gasteiger partial charge >= 0.3 is 37.6 Å². The first-order chi connectivity index (χ1) is 9.16. The van der Waals surface area contributed by atoms with Crippen LogP contribution in [0.3, 0.4) is 0 Å². The molecule has 0 N–H and O–H groups in total. The molecule has 0 radical (unpaired) electrons. The largest absolute Gasteiger partial charge is 0.147 e. The maximum absolute atomic E-state index is 3.26. The molecule has 0 aromatic heterocycles. The summed E-state index contributed by atoms with van der Waals surface area (Å²) in [6, 6.07) is 0. The van der Waals surface area contributed by atoms with Crippen LogP contribution in [0.5, 0.6) is 0 Å². The van der Waals surface area contributed by atoms with Gasteiger partial charge in [-0.2, -0.15) is 22.3 Å². The van der Waals surface area contributed by atoms with Crippen molar-refractivity contribution < 1.29 is 20.0 Å². The quantitative estimate of drug-likeness (QED) is 0.332. The van der Waals surface area contributed by atoms with E-state index in [4.69, 9.17) is 0 Å². The summed E-state index contributed by atoms with van der Waals surface area (Å²) >= 11 is 2.08. The van der Waals surface area contributed by atoms with Gasteiger partial charge in [0, 0.05) is 0 Å². The Morgan fingerprint density at radius 2 is 0.955 bits per heavy atom. The van der Waals surface area contributed by atoms with Crippen molar-refractivity contribution in [2.75, 3.05) is 0 Å². The molecule has 0 aromatic carbocycles. The van der Waals surface area contributed by atoms with Crippen molar-refractivity contribution >= 4 is 28.6 Å². The Bertz CT molecular complexity index is 437. The number of hydrogen-bond acceptors (Lipinski definition) is 0. The minimum Gasteiger partial charge on any atom is -0.147 e. The molecule has 0 aliphatic heterocycles. The minimum atomic E-state index is 0. The van der Waals surface area contributed by atoms with Gasteiger partial charge in [0.1, 0.15) is 0 Å². The average Bonchev–Trinajstić information content (AvgIpc) is 2.80.